The molecule has 0 aliphatic carbocycles. The van der Waals surface area contributed by atoms with Crippen molar-refractivity contribution >= 4 is 17.7 Å². The minimum atomic E-state index is -0.426. The zero-order chi connectivity index (χ0) is 12.3. The van der Waals surface area contributed by atoms with Crippen molar-refractivity contribution in [3.8, 4) is 0 Å². The number of nitrogens with zero attached hydrogens (tertiary/aromatic N) is 4. The number of hydrogen-bond donors (Lipinski definition) is 0. The van der Waals surface area contributed by atoms with Crippen molar-refractivity contribution in [3.05, 3.63) is 52.2 Å². The maximum absolute atomic E-state index is 10.8. The summed E-state index contributed by atoms with van der Waals surface area (Å²) < 4.78 is 1.59. The van der Waals surface area contributed by atoms with E-state index in [0.29, 0.717) is 11.4 Å². The highest BCUT2D eigenvalue weighted by molar-refractivity contribution is 5.86. The SMILES string of the molecule is Cn1nccc1N=Cc1ccccc1[N+](=O)[O-]. The molecule has 0 saturated heterocycles. The Labute approximate surface area is 97.4 Å². The van der Waals surface area contributed by atoms with Gasteiger partial charge >= 0.3 is 0 Å². The normalized spacial score (nSPS) is 10.9. The molecule has 0 aliphatic heterocycles. The van der Waals surface area contributed by atoms with E-state index >= 15 is 0 Å². The first kappa shape index (κ1) is 11.0. The van der Waals surface area contributed by atoms with Crippen LogP contribution in [0.5, 0.6) is 0 Å². The van der Waals surface area contributed by atoms with Gasteiger partial charge in [0.15, 0.2) is 0 Å². The van der Waals surface area contributed by atoms with Crippen molar-refractivity contribution in [1.82, 2.24) is 9.78 Å². The summed E-state index contributed by atoms with van der Waals surface area (Å²) in [4.78, 5) is 14.5. The summed E-state index contributed by atoms with van der Waals surface area (Å²) in [5, 5.41) is 14.7. The second kappa shape index (κ2) is 4.56. The fraction of sp³-hybridized carbons (Fsp3) is 0.0909. The van der Waals surface area contributed by atoms with Crippen LogP contribution in [0.2, 0.25) is 0 Å². The monoisotopic (exact) mass is 230 g/mol. The Balaban J connectivity index is 2.33. The van der Waals surface area contributed by atoms with Gasteiger partial charge in [-0.15, -0.1) is 0 Å². The van der Waals surface area contributed by atoms with E-state index < -0.39 is 4.92 Å². The summed E-state index contributed by atoms with van der Waals surface area (Å²) in [6.07, 6.45) is 3.08. The van der Waals surface area contributed by atoms with Gasteiger partial charge in [-0.3, -0.25) is 14.8 Å². The van der Waals surface area contributed by atoms with Crippen LogP contribution >= 0.6 is 0 Å². The Morgan fingerprint density at radius 3 is 2.82 bits per heavy atom. The molecule has 0 spiro atoms. The zero-order valence-corrected chi connectivity index (χ0v) is 9.15. The first-order chi connectivity index (χ1) is 8.18. The number of nitro benzene ring substituents is 1. The van der Waals surface area contributed by atoms with Gasteiger partial charge in [-0.2, -0.15) is 5.10 Å². The predicted octanol–water partition coefficient (Wildman–Crippen LogP) is 2.08. The third-order valence-corrected chi connectivity index (χ3v) is 2.26. The average Bonchev–Trinajstić information content (AvgIpc) is 2.72. The van der Waals surface area contributed by atoms with Crippen LogP contribution in [0.15, 0.2) is 41.5 Å². The van der Waals surface area contributed by atoms with E-state index in [1.165, 1.54) is 12.3 Å². The lowest BCUT2D eigenvalue weighted by Gasteiger charge is -1.96. The van der Waals surface area contributed by atoms with Crippen LogP contribution in [-0.2, 0) is 7.05 Å². The standard InChI is InChI=1S/C11H10N4O2/c1-14-11(6-7-13-14)12-8-9-4-2-3-5-10(9)15(16)17/h2-8H,1H3. The summed E-state index contributed by atoms with van der Waals surface area (Å²) >= 11 is 0. The van der Waals surface area contributed by atoms with Crippen molar-refractivity contribution in [3.63, 3.8) is 0 Å². The van der Waals surface area contributed by atoms with Gasteiger partial charge in [-0.05, 0) is 6.07 Å². The maximum Gasteiger partial charge on any atom is 0.278 e. The van der Waals surface area contributed by atoms with Gasteiger partial charge in [0, 0.05) is 25.4 Å². The molecule has 6 nitrogen and oxygen atoms in total. The molecule has 0 atom stereocenters. The van der Waals surface area contributed by atoms with Crippen molar-refractivity contribution in [2.45, 2.75) is 0 Å². The van der Waals surface area contributed by atoms with Gasteiger partial charge in [0.25, 0.3) is 5.69 Å². The molecule has 0 saturated carbocycles. The lowest BCUT2D eigenvalue weighted by molar-refractivity contribution is -0.385. The van der Waals surface area contributed by atoms with E-state index in [2.05, 4.69) is 10.1 Å². The number of benzene rings is 1. The fourth-order valence-electron chi connectivity index (χ4n) is 1.39. The van der Waals surface area contributed by atoms with E-state index in [-0.39, 0.29) is 5.69 Å². The third-order valence-electron chi connectivity index (χ3n) is 2.26. The molecule has 1 aromatic carbocycles. The quantitative estimate of drug-likeness (QED) is 0.460. The van der Waals surface area contributed by atoms with Crippen LogP contribution in [0.3, 0.4) is 0 Å². The predicted molar refractivity (Wildman–Crippen MR) is 63.6 cm³/mol. The Kier molecular flexibility index (Phi) is 2.95. The number of aryl methyl sites for hydroxylation is 1. The molecular weight excluding hydrogens is 220 g/mol. The molecular formula is C11H10N4O2. The topological polar surface area (TPSA) is 73.3 Å². The molecule has 0 unspecified atom stereocenters. The largest absolute Gasteiger partial charge is 0.278 e. The van der Waals surface area contributed by atoms with Gasteiger partial charge in [-0.25, -0.2) is 4.99 Å². The Morgan fingerprint density at radius 1 is 1.41 bits per heavy atom. The number of aromatic nitrogens is 2. The van der Waals surface area contributed by atoms with Crippen LogP contribution in [-0.4, -0.2) is 20.9 Å². The second-order valence-electron chi connectivity index (χ2n) is 3.39. The van der Waals surface area contributed by atoms with Crippen LogP contribution in [0.25, 0.3) is 0 Å². The molecule has 0 N–H and O–H groups in total. The van der Waals surface area contributed by atoms with Gasteiger partial charge in [-0.1, -0.05) is 12.1 Å². The first-order valence-corrected chi connectivity index (χ1v) is 4.94. The minimum absolute atomic E-state index is 0.0402. The number of hydrogen-bond acceptors (Lipinski definition) is 4. The van der Waals surface area contributed by atoms with Gasteiger partial charge in [0.05, 0.1) is 16.7 Å². The molecule has 0 bridgehead atoms. The molecule has 0 fully saturated rings. The highest BCUT2D eigenvalue weighted by Gasteiger charge is 2.09. The number of para-hydroxylation sites is 1. The molecule has 2 rings (SSSR count). The van der Waals surface area contributed by atoms with E-state index in [9.17, 15) is 10.1 Å². The Hall–Kier alpha value is -2.50. The Morgan fingerprint density at radius 2 is 2.18 bits per heavy atom. The summed E-state index contributed by atoms with van der Waals surface area (Å²) in [5.41, 5.74) is 0.511. The van der Waals surface area contributed by atoms with Crippen molar-refractivity contribution in [2.24, 2.45) is 12.0 Å². The number of aliphatic imine (C=N–C) groups is 1. The second-order valence-corrected chi connectivity index (χ2v) is 3.39. The number of rotatable bonds is 3. The minimum Gasteiger partial charge on any atom is -0.258 e. The first-order valence-electron chi connectivity index (χ1n) is 4.94. The molecule has 0 aliphatic rings. The summed E-state index contributed by atoms with van der Waals surface area (Å²) in [6.45, 7) is 0. The van der Waals surface area contributed by atoms with Crippen molar-refractivity contribution in [2.75, 3.05) is 0 Å². The van der Waals surface area contributed by atoms with Crippen molar-refractivity contribution < 1.29 is 4.92 Å². The Bertz CT molecular complexity index is 574. The van der Waals surface area contributed by atoms with Gasteiger partial charge < -0.3 is 0 Å². The average molecular weight is 230 g/mol. The van der Waals surface area contributed by atoms with Crippen LogP contribution in [0.4, 0.5) is 11.5 Å². The molecule has 0 radical (unpaired) electrons. The van der Waals surface area contributed by atoms with Gasteiger partial charge in [0.2, 0.25) is 0 Å². The molecule has 6 heteroatoms. The van der Waals surface area contributed by atoms with E-state index in [4.69, 9.17) is 0 Å². The summed E-state index contributed by atoms with van der Waals surface area (Å²) in [7, 11) is 1.76. The molecule has 17 heavy (non-hydrogen) atoms. The molecule has 2 aromatic rings. The maximum atomic E-state index is 10.8. The van der Waals surface area contributed by atoms with Crippen LogP contribution in [0.1, 0.15) is 5.56 Å². The highest BCUT2D eigenvalue weighted by Crippen LogP contribution is 2.17. The molecule has 1 aromatic heterocycles. The summed E-state index contributed by atoms with van der Waals surface area (Å²) in [5.74, 6) is 0.642. The van der Waals surface area contributed by atoms with E-state index in [1.54, 1.807) is 42.2 Å². The molecule has 86 valence electrons. The van der Waals surface area contributed by atoms with E-state index in [1.807, 2.05) is 0 Å². The van der Waals surface area contributed by atoms with Gasteiger partial charge in [0.1, 0.15) is 5.82 Å². The highest BCUT2D eigenvalue weighted by atomic mass is 16.6. The van der Waals surface area contributed by atoms with Crippen molar-refractivity contribution in [1.29, 1.82) is 0 Å². The zero-order valence-electron chi connectivity index (χ0n) is 9.15. The molecule has 1 heterocycles. The van der Waals surface area contributed by atoms with Crippen LogP contribution in [0, 0.1) is 10.1 Å². The lowest BCUT2D eigenvalue weighted by atomic mass is 10.2. The smallest absolute Gasteiger partial charge is 0.258 e. The third kappa shape index (κ3) is 2.36. The molecule has 0 amide bonds. The summed E-state index contributed by atoms with van der Waals surface area (Å²) in [6, 6.07) is 8.19. The fourth-order valence-corrected chi connectivity index (χ4v) is 1.39. The van der Waals surface area contributed by atoms with E-state index in [0.717, 1.165) is 0 Å². The van der Waals surface area contributed by atoms with Crippen LogP contribution < -0.4 is 0 Å². The lowest BCUT2D eigenvalue weighted by Crippen LogP contribution is -1.94. The number of nitro groups is 1.